The Kier molecular flexibility index (Phi) is 5.24. The van der Waals surface area contributed by atoms with Crippen LogP contribution >= 0.6 is 0 Å². The van der Waals surface area contributed by atoms with E-state index in [1.165, 1.54) is 12.8 Å². The Morgan fingerprint density at radius 2 is 2.06 bits per heavy atom. The fraction of sp³-hybridized carbons (Fsp3) is 0.923. The van der Waals surface area contributed by atoms with E-state index in [4.69, 9.17) is 10.4 Å². The Hall–Kier alpha value is -0.590. The summed E-state index contributed by atoms with van der Waals surface area (Å²) in [6, 6.07) is 2.77. The van der Waals surface area contributed by atoms with Crippen LogP contribution in [0.4, 0.5) is 0 Å². The quantitative estimate of drug-likeness (QED) is 0.751. The molecule has 0 amide bonds. The monoisotopic (exact) mass is 224 g/mol. The van der Waals surface area contributed by atoms with Crippen LogP contribution in [0.15, 0.2) is 0 Å². The molecule has 1 aliphatic carbocycles. The first-order valence-corrected chi connectivity index (χ1v) is 6.33. The van der Waals surface area contributed by atoms with E-state index in [-0.39, 0.29) is 17.9 Å². The second kappa shape index (κ2) is 6.22. The smallest absolute Gasteiger partial charge is 0.0672 e. The summed E-state index contributed by atoms with van der Waals surface area (Å²) in [5.74, 6) is 0.179. The highest BCUT2D eigenvalue weighted by molar-refractivity contribution is 4.95. The number of hydrogen-bond donors (Lipinski definition) is 2. The summed E-state index contributed by atoms with van der Waals surface area (Å²) in [7, 11) is 0. The highest BCUT2D eigenvalue weighted by atomic mass is 16.3. The minimum absolute atomic E-state index is 0.117. The summed E-state index contributed by atoms with van der Waals surface area (Å²) in [5, 5.41) is 21.5. The molecule has 0 aromatic rings. The Labute approximate surface area is 98.8 Å². The Balaban J connectivity index is 2.38. The first-order chi connectivity index (χ1) is 7.59. The van der Waals surface area contributed by atoms with Crippen LogP contribution < -0.4 is 5.32 Å². The highest BCUT2D eigenvalue weighted by Gasteiger charge is 2.26. The van der Waals surface area contributed by atoms with Crippen LogP contribution in [0.1, 0.15) is 46.0 Å². The van der Waals surface area contributed by atoms with Crippen LogP contribution in [-0.4, -0.2) is 24.3 Å². The molecule has 0 aromatic carbocycles. The number of aliphatic hydroxyl groups is 1. The summed E-state index contributed by atoms with van der Waals surface area (Å²) in [5.41, 5.74) is 0.117. The molecule has 0 aromatic heterocycles. The maximum atomic E-state index is 9.06. The summed E-state index contributed by atoms with van der Waals surface area (Å²) < 4.78 is 0. The number of hydrogen-bond acceptors (Lipinski definition) is 3. The maximum absolute atomic E-state index is 9.06. The third-order valence-corrected chi connectivity index (χ3v) is 3.56. The molecule has 1 rings (SSSR count). The molecular formula is C13H24N2O. The summed E-state index contributed by atoms with van der Waals surface area (Å²) in [6.07, 6.45) is 5.39. The number of nitriles is 1. The molecule has 2 atom stereocenters. The Morgan fingerprint density at radius 3 is 2.69 bits per heavy atom. The summed E-state index contributed by atoms with van der Waals surface area (Å²) in [4.78, 5) is 0. The second-order valence-electron chi connectivity index (χ2n) is 5.65. The normalized spacial score (nSPS) is 26.4. The van der Waals surface area contributed by atoms with E-state index in [1.54, 1.807) is 0 Å². The first-order valence-electron chi connectivity index (χ1n) is 6.33. The average molecular weight is 224 g/mol. The zero-order valence-electron chi connectivity index (χ0n) is 10.5. The lowest BCUT2D eigenvalue weighted by Gasteiger charge is -2.32. The van der Waals surface area contributed by atoms with Gasteiger partial charge in [-0.3, -0.25) is 0 Å². The van der Waals surface area contributed by atoms with Gasteiger partial charge in [0.15, 0.2) is 0 Å². The van der Waals surface area contributed by atoms with Crippen LogP contribution in [0.3, 0.4) is 0 Å². The zero-order valence-corrected chi connectivity index (χ0v) is 10.5. The second-order valence-corrected chi connectivity index (χ2v) is 5.65. The van der Waals surface area contributed by atoms with E-state index in [1.807, 2.05) is 0 Å². The lowest BCUT2D eigenvalue weighted by Crippen LogP contribution is -2.42. The number of nitrogens with zero attached hydrogens (tertiary/aromatic N) is 1. The Bertz CT molecular complexity index is 245. The van der Waals surface area contributed by atoms with E-state index < -0.39 is 0 Å². The molecule has 0 bridgehead atoms. The van der Waals surface area contributed by atoms with Gasteiger partial charge in [0.2, 0.25) is 0 Å². The summed E-state index contributed by atoms with van der Waals surface area (Å²) >= 11 is 0. The molecule has 1 fully saturated rings. The van der Waals surface area contributed by atoms with Crippen LogP contribution in [0, 0.1) is 22.7 Å². The number of rotatable bonds is 5. The molecule has 16 heavy (non-hydrogen) atoms. The first kappa shape index (κ1) is 13.5. The summed E-state index contributed by atoms with van der Waals surface area (Å²) in [6.45, 7) is 5.43. The molecule has 2 unspecified atom stereocenters. The predicted octanol–water partition coefficient (Wildman–Crippen LogP) is 2.07. The van der Waals surface area contributed by atoms with Crippen molar-refractivity contribution < 1.29 is 5.11 Å². The average Bonchev–Trinajstić information content (AvgIpc) is 2.27. The highest BCUT2D eigenvalue weighted by Crippen LogP contribution is 2.25. The third kappa shape index (κ3) is 4.11. The van der Waals surface area contributed by atoms with E-state index in [0.717, 1.165) is 25.8 Å². The number of nitrogens with one attached hydrogen (secondary N) is 1. The van der Waals surface area contributed by atoms with Gasteiger partial charge in [0.05, 0.1) is 12.0 Å². The van der Waals surface area contributed by atoms with Crippen LogP contribution in [0.2, 0.25) is 0 Å². The van der Waals surface area contributed by atoms with Crippen molar-refractivity contribution in [3.05, 3.63) is 0 Å². The minimum Gasteiger partial charge on any atom is -0.396 e. The van der Waals surface area contributed by atoms with Crippen LogP contribution in [0.25, 0.3) is 0 Å². The van der Waals surface area contributed by atoms with E-state index in [0.29, 0.717) is 6.04 Å². The van der Waals surface area contributed by atoms with Crippen molar-refractivity contribution in [2.24, 2.45) is 11.3 Å². The maximum Gasteiger partial charge on any atom is 0.0672 e. The van der Waals surface area contributed by atoms with Crippen molar-refractivity contribution in [2.45, 2.75) is 52.0 Å². The van der Waals surface area contributed by atoms with Gasteiger partial charge < -0.3 is 10.4 Å². The van der Waals surface area contributed by atoms with Gasteiger partial charge in [-0.1, -0.05) is 26.7 Å². The largest absolute Gasteiger partial charge is 0.396 e. The minimum atomic E-state index is 0.117. The predicted molar refractivity (Wildman–Crippen MR) is 64.8 cm³/mol. The van der Waals surface area contributed by atoms with E-state index >= 15 is 0 Å². The molecule has 92 valence electrons. The lowest BCUT2D eigenvalue weighted by molar-refractivity contribution is 0.192. The van der Waals surface area contributed by atoms with Gasteiger partial charge in [-0.2, -0.15) is 5.26 Å². The van der Waals surface area contributed by atoms with Gasteiger partial charge in [0, 0.05) is 19.2 Å². The topological polar surface area (TPSA) is 56.0 Å². The van der Waals surface area contributed by atoms with Crippen molar-refractivity contribution in [2.75, 3.05) is 13.2 Å². The van der Waals surface area contributed by atoms with E-state index in [9.17, 15) is 0 Å². The molecule has 1 aliphatic rings. The molecule has 1 saturated carbocycles. The SMILES string of the molecule is CC(C)(CCO)CNC1CCCCC1C#N. The van der Waals surface area contributed by atoms with Crippen LogP contribution in [-0.2, 0) is 0 Å². The van der Waals surface area contributed by atoms with Gasteiger partial charge in [0.25, 0.3) is 0 Å². The van der Waals surface area contributed by atoms with Gasteiger partial charge in [-0.25, -0.2) is 0 Å². The van der Waals surface area contributed by atoms with E-state index in [2.05, 4.69) is 25.2 Å². The molecule has 0 heterocycles. The zero-order chi connectivity index (χ0) is 12.0. The molecule has 3 nitrogen and oxygen atoms in total. The standard InChI is InChI=1S/C13H24N2O/c1-13(2,7-8-16)10-15-12-6-4-3-5-11(12)9-14/h11-12,15-16H,3-8,10H2,1-2H3. The molecule has 2 N–H and O–H groups in total. The van der Waals surface area contributed by atoms with Gasteiger partial charge in [-0.15, -0.1) is 0 Å². The lowest BCUT2D eigenvalue weighted by atomic mass is 9.83. The van der Waals surface area contributed by atoms with Crippen molar-refractivity contribution >= 4 is 0 Å². The fourth-order valence-electron chi connectivity index (χ4n) is 2.33. The third-order valence-electron chi connectivity index (χ3n) is 3.56. The van der Waals surface area contributed by atoms with Crippen molar-refractivity contribution in [3.8, 4) is 6.07 Å². The molecule has 3 heteroatoms. The fourth-order valence-corrected chi connectivity index (χ4v) is 2.33. The van der Waals surface area contributed by atoms with Crippen LogP contribution in [0.5, 0.6) is 0 Å². The van der Waals surface area contributed by atoms with Crippen molar-refractivity contribution in [1.82, 2.24) is 5.32 Å². The molecule has 0 aliphatic heterocycles. The van der Waals surface area contributed by atoms with Crippen molar-refractivity contribution in [1.29, 1.82) is 5.26 Å². The Morgan fingerprint density at radius 1 is 1.38 bits per heavy atom. The molecular weight excluding hydrogens is 200 g/mol. The molecule has 0 radical (unpaired) electrons. The van der Waals surface area contributed by atoms with Gasteiger partial charge in [-0.05, 0) is 24.7 Å². The van der Waals surface area contributed by atoms with Crippen molar-refractivity contribution in [3.63, 3.8) is 0 Å². The van der Waals surface area contributed by atoms with Gasteiger partial charge >= 0.3 is 0 Å². The molecule has 0 spiro atoms. The number of aliphatic hydroxyl groups excluding tert-OH is 1. The van der Waals surface area contributed by atoms with Gasteiger partial charge in [0.1, 0.15) is 0 Å². The molecule has 0 saturated heterocycles.